The standard InChI is InChI=1S/C20H12F2N4O/c21-10-1-3-12-14(7-23-16(12)5-10)18-9-25-20(26-18)19(27)15-8-24-17-6-11(22)2-4-13(15)17/h1-9,23-24H,(H,25,26). The SMILES string of the molecule is O=C(c1nc(-c2c[nH]c3cc(F)ccc23)c[nH]1)c1c[nH]c2cc(F)ccc12. The molecule has 0 saturated heterocycles. The zero-order chi connectivity index (χ0) is 18.5. The second-order valence-corrected chi connectivity index (χ2v) is 6.25. The van der Waals surface area contributed by atoms with Crippen LogP contribution in [0.2, 0.25) is 0 Å². The Labute approximate surface area is 151 Å². The van der Waals surface area contributed by atoms with E-state index in [2.05, 4.69) is 19.9 Å². The highest BCUT2D eigenvalue weighted by molar-refractivity contribution is 6.15. The first-order valence-electron chi connectivity index (χ1n) is 8.24. The summed E-state index contributed by atoms with van der Waals surface area (Å²) in [5.41, 5.74) is 2.94. The summed E-state index contributed by atoms with van der Waals surface area (Å²) in [4.78, 5) is 26.0. The largest absolute Gasteiger partial charge is 0.360 e. The van der Waals surface area contributed by atoms with Crippen LogP contribution in [-0.2, 0) is 0 Å². The first kappa shape index (κ1) is 15.5. The highest BCUT2D eigenvalue weighted by Gasteiger charge is 2.19. The average Bonchev–Trinajstić information content (AvgIpc) is 3.37. The molecule has 0 atom stereocenters. The number of carbonyl (C=O) groups is 1. The lowest BCUT2D eigenvalue weighted by atomic mass is 10.1. The quantitative estimate of drug-likeness (QED) is 0.412. The zero-order valence-corrected chi connectivity index (χ0v) is 13.8. The van der Waals surface area contributed by atoms with E-state index in [0.29, 0.717) is 27.7 Å². The predicted octanol–water partition coefficient (Wildman–Crippen LogP) is 4.55. The molecule has 0 aliphatic rings. The van der Waals surface area contributed by atoms with Gasteiger partial charge in [0.15, 0.2) is 5.82 Å². The molecule has 2 aromatic carbocycles. The number of fused-ring (bicyclic) bond motifs is 2. The van der Waals surface area contributed by atoms with Gasteiger partial charge in [-0.25, -0.2) is 13.8 Å². The monoisotopic (exact) mass is 362 g/mol. The van der Waals surface area contributed by atoms with Crippen molar-refractivity contribution in [2.24, 2.45) is 0 Å². The topological polar surface area (TPSA) is 77.3 Å². The fraction of sp³-hybridized carbons (Fsp3) is 0. The number of rotatable bonds is 3. The maximum atomic E-state index is 13.4. The van der Waals surface area contributed by atoms with Crippen molar-refractivity contribution in [2.45, 2.75) is 0 Å². The lowest BCUT2D eigenvalue weighted by molar-refractivity contribution is 0.103. The predicted molar refractivity (Wildman–Crippen MR) is 97.5 cm³/mol. The van der Waals surface area contributed by atoms with E-state index in [1.54, 1.807) is 30.7 Å². The molecule has 0 spiro atoms. The van der Waals surface area contributed by atoms with Gasteiger partial charge in [0.2, 0.25) is 5.78 Å². The van der Waals surface area contributed by atoms with E-state index in [-0.39, 0.29) is 23.2 Å². The van der Waals surface area contributed by atoms with Gasteiger partial charge >= 0.3 is 0 Å². The van der Waals surface area contributed by atoms with Crippen molar-refractivity contribution in [3.63, 3.8) is 0 Å². The van der Waals surface area contributed by atoms with Crippen LogP contribution >= 0.6 is 0 Å². The third-order valence-electron chi connectivity index (χ3n) is 4.60. The third-order valence-corrected chi connectivity index (χ3v) is 4.60. The second-order valence-electron chi connectivity index (χ2n) is 6.25. The number of benzene rings is 2. The van der Waals surface area contributed by atoms with Crippen molar-refractivity contribution >= 4 is 27.6 Å². The molecule has 3 N–H and O–H groups in total. The van der Waals surface area contributed by atoms with Crippen molar-refractivity contribution in [1.82, 2.24) is 19.9 Å². The molecule has 7 heteroatoms. The summed E-state index contributed by atoms with van der Waals surface area (Å²) in [6.07, 6.45) is 4.90. The molecule has 0 fully saturated rings. The molecule has 5 aromatic rings. The molecule has 0 amide bonds. The molecule has 0 unspecified atom stereocenters. The molecule has 3 heterocycles. The van der Waals surface area contributed by atoms with Crippen LogP contribution in [0.5, 0.6) is 0 Å². The number of ketones is 1. The molecule has 5 rings (SSSR count). The van der Waals surface area contributed by atoms with Crippen LogP contribution in [-0.4, -0.2) is 25.7 Å². The van der Waals surface area contributed by atoms with Crippen LogP contribution in [0.25, 0.3) is 33.1 Å². The van der Waals surface area contributed by atoms with E-state index in [4.69, 9.17) is 0 Å². The lowest BCUT2D eigenvalue weighted by Crippen LogP contribution is -2.02. The summed E-state index contributed by atoms with van der Waals surface area (Å²) < 4.78 is 26.7. The number of nitrogens with zero attached hydrogens (tertiary/aromatic N) is 1. The van der Waals surface area contributed by atoms with E-state index < -0.39 is 0 Å². The summed E-state index contributed by atoms with van der Waals surface area (Å²) in [5.74, 6) is -0.833. The third kappa shape index (κ3) is 2.43. The Bertz CT molecular complexity index is 1330. The Morgan fingerprint density at radius 2 is 1.48 bits per heavy atom. The maximum Gasteiger partial charge on any atom is 0.230 e. The van der Waals surface area contributed by atoms with Crippen molar-refractivity contribution in [3.8, 4) is 11.3 Å². The number of aromatic nitrogens is 4. The minimum atomic E-state index is -0.376. The minimum Gasteiger partial charge on any atom is -0.360 e. The van der Waals surface area contributed by atoms with E-state index in [1.165, 1.54) is 24.3 Å². The summed E-state index contributed by atoms with van der Waals surface area (Å²) in [6.45, 7) is 0. The molecule has 0 bridgehead atoms. The molecule has 132 valence electrons. The Kier molecular flexibility index (Phi) is 3.24. The van der Waals surface area contributed by atoms with E-state index in [1.807, 2.05) is 0 Å². The lowest BCUT2D eigenvalue weighted by Gasteiger charge is -1.96. The molecule has 27 heavy (non-hydrogen) atoms. The Morgan fingerprint density at radius 1 is 0.815 bits per heavy atom. The van der Waals surface area contributed by atoms with Gasteiger partial charge in [0.25, 0.3) is 0 Å². The molecule has 3 aromatic heterocycles. The van der Waals surface area contributed by atoms with Crippen LogP contribution in [0.15, 0.2) is 55.0 Å². The highest BCUT2D eigenvalue weighted by atomic mass is 19.1. The normalized spacial score (nSPS) is 11.5. The number of hydrogen-bond acceptors (Lipinski definition) is 2. The average molecular weight is 362 g/mol. The van der Waals surface area contributed by atoms with E-state index in [0.717, 1.165) is 10.9 Å². The van der Waals surface area contributed by atoms with Crippen molar-refractivity contribution < 1.29 is 13.6 Å². The van der Waals surface area contributed by atoms with E-state index >= 15 is 0 Å². The van der Waals surface area contributed by atoms with Gasteiger partial charge in [-0.15, -0.1) is 0 Å². The smallest absolute Gasteiger partial charge is 0.230 e. The van der Waals surface area contributed by atoms with Crippen LogP contribution in [0.4, 0.5) is 8.78 Å². The molecule has 0 aliphatic heterocycles. The summed E-state index contributed by atoms with van der Waals surface area (Å²) in [7, 11) is 0. The number of H-pyrrole nitrogens is 3. The number of carbonyl (C=O) groups excluding carboxylic acids is 1. The van der Waals surface area contributed by atoms with Crippen LogP contribution in [0.3, 0.4) is 0 Å². The zero-order valence-electron chi connectivity index (χ0n) is 13.8. The number of aromatic amines is 3. The second kappa shape index (κ2) is 5.63. The molecule has 0 radical (unpaired) electrons. The van der Waals surface area contributed by atoms with Crippen molar-refractivity contribution in [3.05, 3.63) is 78.0 Å². The summed E-state index contributed by atoms with van der Waals surface area (Å²) >= 11 is 0. The van der Waals surface area contributed by atoms with Crippen LogP contribution in [0.1, 0.15) is 16.2 Å². The van der Waals surface area contributed by atoms with Gasteiger partial charge in [0, 0.05) is 46.0 Å². The van der Waals surface area contributed by atoms with Gasteiger partial charge in [-0.05, 0) is 36.4 Å². The van der Waals surface area contributed by atoms with Crippen molar-refractivity contribution in [1.29, 1.82) is 0 Å². The summed E-state index contributed by atoms with van der Waals surface area (Å²) in [6, 6.07) is 8.66. The number of hydrogen-bond donors (Lipinski definition) is 3. The highest BCUT2D eigenvalue weighted by Crippen LogP contribution is 2.28. The fourth-order valence-corrected chi connectivity index (χ4v) is 3.30. The Morgan fingerprint density at radius 3 is 2.26 bits per heavy atom. The van der Waals surface area contributed by atoms with Crippen LogP contribution < -0.4 is 0 Å². The maximum absolute atomic E-state index is 13.4. The minimum absolute atomic E-state index is 0.173. The first-order chi connectivity index (χ1) is 13.1. The number of nitrogens with one attached hydrogen (secondary N) is 3. The molecular formula is C20H12F2N4O. The Balaban J connectivity index is 1.55. The fourth-order valence-electron chi connectivity index (χ4n) is 3.30. The van der Waals surface area contributed by atoms with Gasteiger partial charge in [-0.2, -0.15) is 0 Å². The van der Waals surface area contributed by atoms with Gasteiger partial charge in [-0.1, -0.05) is 0 Å². The van der Waals surface area contributed by atoms with Gasteiger partial charge in [0.05, 0.1) is 11.3 Å². The Hall–Kier alpha value is -3.74. The summed E-state index contributed by atoms with van der Waals surface area (Å²) in [5, 5.41) is 1.44. The van der Waals surface area contributed by atoms with E-state index in [9.17, 15) is 13.6 Å². The van der Waals surface area contributed by atoms with Gasteiger partial charge < -0.3 is 15.0 Å². The molecular weight excluding hydrogens is 350 g/mol. The number of imidazole rings is 1. The van der Waals surface area contributed by atoms with Gasteiger partial charge in [-0.3, -0.25) is 4.79 Å². The molecule has 0 saturated carbocycles. The van der Waals surface area contributed by atoms with Crippen molar-refractivity contribution in [2.75, 3.05) is 0 Å². The van der Waals surface area contributed by atoms with Gasteiger partial charge in [0.1, 0.15) is 11.6 Å². The number of halogens is 2. The molecule has 0 aliphatic carbocycles. The first-order valence-corrected chi connectivity index (χ1v) is 8.24. The van der Waals surface area contributed by atoms with Crippen LogP contribution in [0, 0.1) is 11.6 Å². The molecule has 5 nitrogen and oxygen atoms in total.